The lowest BCUT2D eigenvalue weighted by Gasteiger charge is -2.18. The Balaban J connectivity index is 4.35. The molecule has 6 nitrogen and oxygen atoms in total. The van der Waals surface area contributed by atoms with Gasteiger partial charge >= 0.3 is 17.9 Å². The fourth-order valence-corrected chi connectivity index (χ4v) is 9.30. The van der Waals surface area contributed by atoms with Gasteiger partial charge in [-0.05, 0) is 135 Å². The summed E-state index contributed by atoms with van der Waals surface area (Å²) in [4.78, 5) is 38.4. The van der Waals surface area contributed by atoms with Crippen LogP contribution in [0.5, 0.6) is 0 Å². The number of ether oxygens (including phenoxy) is 3. The van der Waals surface area contributed by atoms with Gasteiger partial charge in [0.05, 0.1) is 0 Å². The van der Waals surface area contributed by atoms with Gasteiger partial charge in [-0.2, -0.15) is 0 Å². The molecule has 0 aliphatic carbocycles. The molecular formula is C77H126O6. The van der Waals surface area contributed by atoms with Crippen LogP contribution in [0.1, 0.15) is 303 Å². The van der Waals surface area contributed by atoms with Crippen molar-refractivity contribution in [2.75, 3.05) is 13.2 Å². The summed E-state index contributed by atoms with van der Waals surface area (Å²) in [6, 6.07) is 0. The largest absolute Gasteiger partial charge is 0.462 e. The quantitative estimate of drug-likeness (QED) is 0.0261. The Labute approximate surface area is 512 Å². The van der Waals surface area contributed by atoms with Crippen LogP contribution in [-0.4, -0.2) is 37.2 Å². The van der Waals surface area contributed by atoms with Gasteiger partial charge in [0.2, 0.25) is 0 Å². The summed E-state index contributed by atoms with van der Waals surface area (Å²) in [5.41, 5.74) is 0. The first-order valence-electron chi connectivity index (χ1n) is 34.3. The van der Waals surface area contributed by atoms with Crippen molar-refractivity contribution in [3.8, 4) is 0 Å². The molecule has 1 atom stereocenters. The highest BCUT2D eigenvalue weighted by molar-refractivity contribution is 5.71. The lowest BCUT2D eigenvalue weighted by atomic mass is 10.0. The van der Waals surface area contributed by atoms with E-state index in [-0.39, 0.29) is 31.1 Å². The molecule has 470 valence electrons. The molecule has 0 fully saturated rings. The molecular weight excluding hydrogens is 1020 g/mol. The maximum absolute atomic E-state index is 12.9. The van der Waals surface area contributed by atoms with Crippen molar-refractivity contribution in [2.45, 2.75) is 309 Å². The molecule has 0 bridgehead atoms. The van der Waals surface area contributed by atoms with Gasteiger partial charge in [0.25, 0.3) is 0 Å². The summed E-state index contributed by atoms with van der Waals surface area (Å²) in [5, 5.41) is 0. The SMILES string of the molecule is CC/C=C\C/C=C\C/C=C\C/C=C\C/C=C\CCCCCCCC(=O)OC(COC(=O)CCCCCCC/C=C\C/C=C\C/C=C\CC)COC(=O)CCCCCCCCCCCCCCCCCC/C=C\C/C=C\C/C=C\C/C=C\CC. The molecule has 6 heteroatoms. The summed E-state index contributed by atoms with van der Waals surface area (Å²) in [6.07, 6.45) is 100. The van der Waals surface area contributed by atoms with Crippen molar-refractivity contribution in [1.29, 1.82) is 0 Å². The smallest absolute Gasteiger partial charge is 0.306 e. The number of rotatable bonds is 61. The normalized spacial score (nSPS) is 13.0. The predicted molar refractivity (Wildman–Crippen MR) is 362 cm³/mol. The Kier molecular flexibility index (Phi) is 65.8. The van der Waals surface area contributed by atoms with Crippen molar-refractivity contribution in [2.24, 2.45) is 0 Å². The summed E-state index contributed by atoms with van der Waals surface area (Å²) >= 11 is 0. The van der Waals surface area contributed by atoms with Gasteiger partial charge in [-0.3, -0.25) is 14.4 Å². The lowest BCUT2D eigenvalue weighted by Crippen LogP contribution is -2.30. The van der Waals surface area contributed by atoms with E-state index in [2.05, 4.69) is 167 Å². The molecule has 0 aliphatic rings. The average Bonchev–Trinajstić information content (AvgIpc) is 3.49. The second-order valence-electron chi connectivity index (χ2n) is 22.3. The summed E-state index contributed by atoms with van der Waals surface area (Å²) < 4.78 is 16.9. The first kappa shape index (κ1) is 78.3. The van der Waals surface area contributed by atoms with Crippen LogP contribution >= 0.6 is 0 Å². The Morgan fingerprint density at radius 2 is 0.434 bits per heavy atom. The zero-order valence-corrected chi connectivity index (χ0v) is 53.9. The van der Waals surface area contributed by atoms with Crippen molar-refractivity contribution in [3.63, 3.8) is 0 Å². The molecule has 0 rings (SSSR count). The molecule has 0 spiro atoms. The van der Waals surface area contributed by atoms with Crippen molar-refractivity contribution in [1.82, 2.24) is 0 Å². The van der Waals surface area contributed by atoms with Crippen molar-refractivity contribution in [3.05, 3.63) is 146 Å². The van der Waals surface area contributed by atoms with E-state index in [1.54, 1.807) is 0 Å². The Morgan fingerprint density at radius 1 is 0.241 bits per heavy atom. The fourth-order valence-electron chi connectivity index (χ4n) is 9.30. The number of hydrogen-bond donors (Lipinski definition) is 0. The third-order valence-corrected chi connectivity index (χ3v) is 14.3. The van der Waals surface area contributed by atoms with E-state index in [9.17, 15) is 14.4 Å². The summed E-state index contributed by atoms with van der Waals surface area (Å²) in [5.74, 6) is -0.926. The molecule has 0 saturated carbocycles. The van der Waals surface area contributed by atoms with Gasteiger partial charge in [0.15, 0.2) is 6.10 Å². The second kappa shape index (κ2) is 69.8. The van der Waals surface area contributed by atoms with Crippen LogP contribution in [0.25, 0.3) is 0 Å². The zero-order valence-electron chi connectivity index (χ0n) is 53.9. The van der Waals surface area contributed by atoms with E-state index in [0.717, 1.165) is 173 Å². The highest BCUT2D eigenvalue weighted by Gasteiger charge is 2.19. The molecule has 0 saturated heterocycles. The summed E-state index contributed by atoms with van der Waals surface area (Å²) in [6.45, 7) is 6.29. The van der Waals surface area contributed by atoms with Gasteiger partial charge < -0.3 is 14.2 Å². The van der Waals surface area contributed by atoms with E-state index in [4.69, 9.17) is 14.2 Å². The van der Waals surface area contributed by atoms with Gasteiger partial charge in [-0.15, -0.1) is 0 Å². The predicted octanol–water partition coefficient (Wildman–Crippen LogP) is 23.9. The molecule has 0 N–H and O–H groups in total. The Morgan fingerprint density at radius 3 is 0.675 bits per heavy atom. The van der Waals surface area contributed by atoms with E-state index in [0.29, 0.717) is 19.3 Å². The number of allylic oxidation sites excluding steroid dienone is 24. The number of hydrogen-bond acceptors (Lipinski definition) is 6. The van der Waals surface area contributed by atoms with Gasteiger partial charge in [0.1, 0.15) is 13.2 Å². The van der Waals surface area contributed by atoms with Crippen LogP contribution < -0.4 is 0 Å². The lowest BCUT2D eigenvalue weighted by molar-refractivity contribution is -0.167. The average molecular weight is 1150 g/mol. The zero-order chi connectivity index (χ0) is 59.9. The number of carbonyl (C=O) groups excluding carboxylic acids is 3. The Bertz CT molecular complexity index is 1800. The minimum Gasteiger partial charge on any atom is -0.462 e. The van der Waals surface area contributed by atoms with Crippen molar-refractivity contribution >= 4 is 17.9 Å². The van der Waals surface area contributed by atoms with Crippen LogP contribution in [0, 0.1) is 0 Å². The summed E-state index contributed by atoms with van der Waals surface area (Å²) in [7, 11) is 0. The molecule has 1 unspecified atom stereocenters. The number of unbranched alkanes of at least 4 members (excludes halogenated alkanes) is 26. The van der Waals surface area contributed by atoms with E-state index < -0.39 is 6.10 Å². The standard InChI is InChI=1S/C77H126O6/c1-4-7-10-13-16-19-22-25-28-30-32-34-35-36-37-38-39-40-41-43-44-46-49-52-55-58-61-64-67-70-76(79)82-73-74(72-81-75(78)69-66-63-60-57-54-51-48-27-24-21-18-15-12-9-6-3)83-77(80)71-68-65-62-59-56-53-50-47-45-42-33-31-29-26-23-20-17-14-11-8-5-2/h7-12,16-21,25-29,32-34,42,47-48,50,74H,4-6,13-15,22-24,30-31,35-41,43-46,49,51-73H2,1-3H3/b10-7-,11-8-,12-9-,19-16-,20-17-,21-18-,28-25-,29-26-,34-32-,42-33-,48-27-,50-47-. The van der Waals surface area contributed by atoms with Crippen molar-refractivity contribution < 1.29 is 28.6 Å². The molecule has 0 aromatic carbocycles. The maximum Gasteiger partial charge on any atom is 0.306 e. The number of esters is 3. The molecule has 0 aromatic heterocycles. The molecule has 0 radical (unpaired) electrons. The van der Waals surface area contributed by atoms with Crippen LogP contribution in [0.2, 0.25) is 0 Å². The van der Waals surface area contributed by atoms with E-state index >= 15 is 0 Å². The third kappa shape index (κ3) is 68.0. The highest BCUT2D eigenvalue weighted by atomic mass is 16.6. The third-order valence-electron chi connectivity index (χ3n) is 14.3. The maximum atomic E-state index is 12.9. The second-order valence-corrected chi connectivity index (χ2v) is 22.3. The molecule has 0 amide bonds. The first-order valence-corrected chi connectivity index (χ1v) is 34.3. The minimum absolute atomic E-state index is 0.0948. The van der Waals surface area contributed by atoms with Gasteiger partial charge in [-0.25, -0.2) is 0 Å². The highest BCUT2D eigenvalue weighted by Crippen LogP contribution is 2.16. The molecule has 0 aliphatic heterocycles. The molecule has 0 aromatic rings. The van der Waals surface area contributed by atoms with E-state index in [1.807, 2.05) is 0 Å². The monoisotopic (exact) mass is 1150 g/mol. The topological polar surface area (TPSA) is 78.9 Å². The van der Waals surface area contributed by atoms with Crippen LogP contribution in [0.4, 0.5) is 0 Å². The van der Waals surface area contributed by atoms with Crippen LogP contribution in [-0.2, 0) is 28.6 Å². The first-order chi connectivity index (χ1) is 41.0. The fraction of sp³-hybridized carbons (Fsp3) is 0.649. The molecule has 0 heterocycles. The van der Waals surface area contributed by atoms with Gasteiger partial charge in [-0.1, -0.05) is 295 Å². The van der Waals surface area contributed by atoms with Crippen LogP contribution in [0.15, 0.2) is 146 Å². The van der Waals surface area contributed by atoms with Gasteiger partial charge in [0, 0.05) is 19.3 Å². The Hall–Kier alpha value is -4.71. The minimum atomic E-state index is -0.803. The van der Waals surface area contributed by atoms with Crippen LogP contribution in [0.3, 0.4) is 0 Å². The van der Waals surface area contributed by atoms with E-state index in [1.165, 1.54) is 89.9 Å². The number of carbonyl (C=O) groups is 3. The molecule has 83 heavy (non-hydrogen) atoms.